The molecular weight excluding hydrogens is 236 g/mol. The van der Waals surface area contributed by atoms with Gasteiger partial charge in [-0.1, -0.05) is 18.5 Å². The van der Waals surface area contributed by atoms with Crippen LogP contribution in [0.25, 0.3) is 0 Å². The Labute approximate surface area is 106 Å². The molecule has 1 atom stereocenters. The van der Waals surface area contributed by atoms with Gasteiger partial charge in [-0.25, -0.2) is 4.98 Å². The summed E-state index contributed by atoms with van der Waals surface area (Å²) in [6, 6.07) is 5.64. The van der Waals surface area contributed by atoms with Crippen molar-refractivity contribution in [3.8, 4) is 0 Å². The topological polar surface area (TPSA) is 42.7 Å². The first kappa shape index (κ1) is 11.9. The molecule has 0 unspecified atom stereocenters. The standard InChI is InChI=1S/C12H15ClN4/c1-10(9-17-6-2-5-16-17)7-14-12-4-3-11(13)8-15-12/h2-6,8,10H,7,9H2,1H3,(H,14,15)/t10-/m0/s1. The van der Waals surface area contributed by atoms with Crippen molar-refractivity contribution in [3.63, 3.8) is 0 Å². The van der Waals surface area contributed by atoms with Crippen molar-refractivity contribution in [1.82, 2.24) is 14.8 Å². The minimum Gasteiger partial charge on any atom is -0.370 e. The number of rotatable bonds is 5. The van der Waals surface area contributed by atoms with Crippen LogP contribution in [0.5, 0.6) is 0 Å². The summed E-state index contributed by atoms with van der Waals surface area (Å²) >= 11 is 5.77. The molecule has 2 heterocycles. The summed E-state index contributed by atoms with van der Waals surface area (Å²) in [5.74, 6) is 1.33. The predicted molar refractivity (Wildman–Crippen MR) is 69.1 cm³/mol. The maximum Gasteiger partial charge on any atom is 0.125 e. The zero-order chi connectivity index (χ0) is 12.1. The molecule has 0 aromatic carbocycles. The van der Waals surface area contributed by atoms with E-state index in [4.69, 9.17) is 11.6 Å². The quantitative estimate of drug-likeness (QED) is 0.887. The Morgan fingerprint density at radius 2 is 2.35 bits per heavy atom. The van der Waals surface area contributed by atoms with E-state index in [9.17, 15) is 0 Å². The highest BCUT2D eigenvalue weighted by atomic mass is 35.5. The first-order valence-electron chi connectivity index (χ1n) is 5.57. The first-order chi connectivity index (χ1) is 8.24. The molecule has 1 N–H and O–H groups in total. The zero-order valence-electron chi connectivity index (χ0n) is 9.68. The summed E-state index contributed by atoms with van der Waals surface area (Å²) in [5, 5.41) is 8.10. The second-order valence-corrected chi connectivity index (χ2v) is 4.51. The van der Waals surface area contributed by atoms with Crippen molar-refractivity contribution in [2.24, 2.45) is 5.92 Å². The smallest absolute Gasteiger partial charge is 0.125 e. The van der Waals surface area contributed by atoms with E-state index in [1.165, 1.54) is 0 Å². The fourth-order valence-electron chi connectivity index (χ4n) is 1.55. The van der Waals surface area contributed by atoms with Crippen LogP contribution in [0.15, 0.2) is 36.8 Å². The van der Waals surface area contributed by atoms with Crippen molar-refractivity contribution < 1.29 is 0 Å². The van der Waals surface area contributed by atoms with E-state index in [-0.39, 0.29) is 0 Å². The Kier molecular flexibility index (Phi) is 3.98. The van der Waals surface area contributed by atoms with Crippen LogP contribution < -0.4 is 5.32 Å². The van der Waals surface area contributed by atoms with Crippen molar-refractivity contribution in [2.45, 2.75) is 13.5 Å². The highest BCUT2D eigenvalue weighted by Crippen LogP contribution is 2.10. The number of nitrogens with one attached hydrogen (secondary N) is 1. The number of aromatic nitrogens is 3. The van der Waals surface area contributed by atoms with Gasteiger partial charge >= 0.3 is 0 Å². The van der Waals surface area contributed by atoms with Crippen LogP contribution in [-0.4, -0.2) is 21.3 Å². The monoisotopic (exact) mass is 250 g/mol. The number of nitrogens with zero attached hydrogens (tertiary/aromatic N) is 3. The van der Waals surface area contributed by atoms with Gasteiger partial charge in [0.25, 0.3) is 0 Å². The lowest BCUT2D eigenvalue weighted by atomic mass is 10.2. The molecule has 0 saturated heterocycles. The van der Waals surface area contributed by atoms with Gasteiger partial charge < -0.3 is 5.32 Å². The van der Waals surface area contributed by atoms with Crippen molar-refractivity contribution in [1.29, 1.82) is 0 Å². The van der Waals surface area contributed by atoms with Crippen LogP contribution >= 0.6 is 11.6 Å². The molecule has 0 aliphatic heterocycles. The number of hydrogen-bond acceptors (Lipinski definition) is 3. The third-order valence-electron chi connectivity index (χ3n) is 2.42. The van der Waals surface area contributed by atoms with E-state index in [1.807, 2.05) is 29.1 Å². The van der Waals surface area contributed by atoms with E-state index in [2.05, 4.69) is 22.3 Å². The SMILES string of the molecule is C[C@@H](CNc1ccc(Cl)cn1)Cn1cccn1. The largest absolute Gasteiger partial charge is 0.370 e. The molecule has 0 bridgehead atoms. The molecule has 2 aromatic rings. The second kappa shape index (κ2) is 5.68. The Morgan fingerprint density at radius 3 is 3.00 bits per heavy atom. The molecule has 2 aromatic heterocycles. The fraction of sp³-hybridized carbons (Fsp3) is 0.333. The second-order valence-electron chi connectivity index (χ2n) is 4.08. The number of anilines is 1. The van der Waals surface area contributed by atoms with Gasteiger partial charge in [-0.15, -0.1) is 0 Å². The third kappa shape index (κ3) is 3.75. The number of pyridine rings is 1. The molecular formula is C12H15ClN4. The van der Waals surface area contributed by atoms with Crippen molar-refractivity contribution in [3.05, 3.63) is 41.8 Å². The summed E-state index contributed by atoms with van der Waals surface area (Å²) in [6.45, 7) is 3.92. The average Bonchev–Trinajstić information content (AvgIpc) is 2.81. The molecule has 4 nitrogen and oxygen atoms in total. The minimum absolute atomic E-state index is 0.479. The summed E-state index contributed by atoms with van der Waals surface area (Å²) in [4.78, 5) is 4.18. The van der Waals surface area contributed by atoms with E-state index in [0.717, 1.165) is 18.9 Å². The average molecular weight is 251 g/mol. The molecule has 0 amide bonds. The lowest BCUT2D eigenvalue weighted by Gasteiger charge is -2.13. The molecule has 5 heteroatoms. The van der Waals surface area contributed by atoms with Crippen LogP contribution in [0.4, 0.5) is 5.82 Å². The molecule has 0 radical (unpaired) electrons. The number of halogens is 1. The molecule has 0 fully saturated rings. The first-order valence-corrected chi connectivity index (χ1v) is 5.94. The van der Waals surface area contributed by atoms with Crippen molar-refractivity contribution >= 4 is 17.4 Å². The van der Waals surface area contributed by atoms with Gasteiger partial charge in [0.05, 0.1) is 5.02 Å². The highest BCUT2D eigenvalue weighted by molar-refractivity contribution is 6.30. The summed E-state index contributed by atoms with van der Waals surface area (Å²) in [5.41, 5.74) is 0. The normalized spacial score (nSPS) is 12.4. The maximum absolute atomic E-state index is 5.77. The van der Waals surface area contributed by atoms with Crippen LogP contribution in [0.1, 0.15) is 6.92 Å². The molecule has 17 heavy (non-hydrogen) atoms. The van der Waals surface area contributed by atoms with Crippen LogP contribution in [0.2, 0.25) is 5.02 Å². The lowest BCUT2D eigenvalue weighted by molar-refractivity contribution is 0.467. The van der Waals surface area contributed by atoms with E-state index in [1.54, 1.807) is 12.4 Å². The number of hydrogen-bond donors (Lipinski definition) is 1. The van der Waals surface area contributed by atoms with Gasteiger partial charge in [0.2, 0.25) is 0 Å². The zero-order valence-corrected chi connectivity index (χ0v) is 10.4. The predicted octanol–water partition coefficient (Wildman–Crippen LogP) is 2.68. The lowest BCUT2D eigenvalue weighted by Crippen LogP contribution is -2.17. The minimum atomic E-state index is 0.479. The molecule has 0 spiro atoms. The molecule has 0 saturated carbocycles. The van der Waals surface area contributed by atoms with Crippen LogP contribution in [0.3, 0.4) is 0 Å². The maximum atomic E-state index is 5.77. The summed E-state index contributed by atoms with van der Waals surface area (Å²) in [6.07, 6.45) is 5.40. The third-order valence-corrected chi connectivity index (χ3v) is 2.64. The Bertz CT molecular complexity index is 438. The molecule has 0 aliphatic carbocycles. The Hall–Kier alpha value is -1.55. The van der Waals surface area contributed by atoms with Gasteiger partial charge in [-0.2, -0.15) is 5.10 Å². The fourth-order valence-corrected chi connectivity index (χ4v) is 1.66. The van der Waals surface area contributed by atoms with Crippen LogP contribution in [0, 0.1) is 5.92 Å². The summed E-state index contributed by atoms with van der Waals surface area (Å²) < 4.78 is 1.93. The van der Waals surface area contributed by atoms with Crippen LogP contribution in [-0.2, 0) is 6.54 Å². The van der Waals surface area contributed by atoms with Gasteiger partial charge in [0, 0.05) is 31.7 Å². The van der Waals surface area contributed by atoms with E-state index in [0.29, 0.717) is 10.9 Å². The summed E-state index contributed by atoms with van der Waals surface area (Å²) in [7, 11) is 0. The van der Waals surface area contributed by atoms with Gasteiger partial charge in [0.15, 0.2) is 0 Å². The molecule has 2 rings (SSSR count). The molecule has 0 aliphatic rings. The van der Waals surface area contributed by atoms with Gasteiger partial charge in [0.1, 0.15) is 5.82 Å². The van der Waals surface area contributed by atoms with Crippen molar-refractivity contribution in [2.75, 3.05) is 11.9 Å². The van der Waals surface area contributed by atoms with E-state index >= 15 is 0 Å². The Balaban J connectivity index is 1.79. The van der Waals surface area contributed by atoms with E-state index < -0.39 is 0 Å². The van der Waals surface area contributed by atoms with Gasteiger partial charge in [-0.05, 0) is 24.1 Å². The molecule has 90 valence electrons. The highest BCUT2D eigenvalue weighted by Gasteiger charge is 2.03. The van der Waals surface area contributed by atoms with Gasteiger partial charge in [-0.3, -0.25) is 4.68 Å². The Morgan fingerprint density at radius 1 is 1.47 bits per heavy atom.